The summed E-state index contributed by atoms with van der Waals surface area (Å²) < 4.78 is 0. The molecule has 0 aliphatic carbocycles. The lowest BCUT2D eigenvalue weighted by molar-refractivity contribution is -0.136. The first-order valence-corrected chi connectivity index (χ1v) is 4.52. The third kappa shape index (κ3) is 3.53. The van der Waals surface area contributed by atoms with Gasteiger partial charge in [0, 0.05) is 25.5 Å². The van der Waals surface area contributed by atoms with Gasteiger partial charge in [-0.25, -0.2) is 0 Å². The lowest BCUT2D eigenvalue weighted by Gasteiger charge is -2.05. The summed E-state index contributed by atoms with van der Waals surface area (Å²) >= 11 is 0. The van der Waals surface area contributed by atoms with Crippen LogP contribution in [0.4, 0.5) is 0 Å². The van der Waals surface area contributed by atoms with Gasteiger partial charge in [-0.05, 0) is 24.1 Å². The van der Waals surface area contributed by atoms with Crippen molar-refractivity contribution in [3.05, 3.63) is 29.6 Å². The van der Waals surface area contributed by atoms with Crippen molar-refractivity contribution >= 4 is 5.97 Å². The van der Waals surface area contributed by atoms with Gasteiger partial charge in [0.2, 0.25) is 0 Å². The SMILES string of the molecule is Cc1ccncc1CNCCC(=O)O. The average molecular weight is 194 g/mol. The maximum atomic E-state index is 10.2. The summed E-state index contributed by atoms with van der Waals surface area (Å²) in [6.45, 7) is 3.17. The van der Waals surface area contributed by atoms with Crippen LogP contribution in [0.1, 0.15) is 17.5 Å². The largest absolute Gasteiger partial charge is 0.481 e. The van der Waals surface area contributed by atoms with Crippen LogP contribution in [0, 0.1) is 6.92 Å². The number of aromatic nitrogens is 1. The van der Waals surface area contributed by atoms with Gasteiger partial charge < -0.3 is 10.4 Å². The fourth-order valence-electron chi connectivity index (χ4n) is 1.10. The van der Waals surface area contributed by atoms with Gasteiger partial charge in [-0.15, -0.1) is 0 Å². The summed E-state index contributed by atoms with van der Waals surface area (Å²) in [5, 5.41) is 11.5. The second-order valence-corrected chi connectivity index (χ2v) is 3.12. The fourth-order valence-corrected chi connectivity index (χ4v) is 1.10. The van der Waals surface area contributed by atoms with E-state index in [1.807, 2.05) is 13.0 Å². The van der Waals surface area contributed by atoms with E-state index >= 15 is 0 Å². The highest BCUT2D eigenvalue weighted by molar-refractivity contribution is 5.66. The van der Waals surface area contributed by atoms with Crippen molar-refractivity contribution < 1.29 is 9.90 Å². The summed E-state index contributed by atoms with van der Waals surface area (Å²) in [6, 6.07) is 1.94. The lowest BCUT2D eigenvalue weighted by atomic mass is 10.1. The zero-order chi connectivity index (χ0) is 10.4. The van der Waals surface area contributed by atoms with Gasteiger partial charge in [-0.3, -0.25) is 9.78 Å². The van der Waals surface area contributed by atoms with Gasteiger partial charge in [0.25, 0.3) is 0 Å². The minimum absolute atomic E-state index is 0.152. The Morgan fingerprint density at radius 2 is 2.43 bits per heavy atom. The molecule has 1 rings (SSSR count). The van der Waals surface area contributed by atoms with E-state index in [2.05, 4.69) is 10.3 Å². The normalized spacial score (nSPS) is 10.1. The molecule has 0 saturated heterocycles. The molecule has 0 aliphatic heterocycles. The van der Waals surface area contributed by atoms with E-state index in [4.69, 9.17) is 5.11 Å². The standard InChI is InChI=1S/C10H14N2O2/c1-8-2-4-11-6-9(8)7-12-5-3-10(13)14/h2,4,6,12H,3,5,7H2,1H3,(H,13,14). The van der Waals surface area contributed by atoms with Gasteiger partial charge in [-0.1, -0.05) is 0 Å². The predicted molar refractivity (Wildman–Crippen MR) is 52.9 cm³/mol. The molecule has 4 nitrogen and oxygen atoms in total. The monoisotopic (exact) mass is 194 g/mol. The van der Waals surface area contributed by atoms with Crippen LogP contribution in [-0.4, -0.2) is 22.6 Å². The van der Waals surface area contributed by atoms with Crippen molar-refractivity contribution in [2.45, 2.75) is 19.9 Å². The van der Waals surface area contributed by atoms with E-state index < -0.39 is 5.97 Å². The second-order valence-electron chi connectivity index (χ2n) is 3.12. The van der Waals surface area contributed by atoms with E-state index in [1.165, 1.54) is 5.56 Å². The number of carboxylic acid groups (broad SMARTS) is 1. The highest BCUT2D eigenvalue weighted by Crippen LogP contribution is 2.03. The van der Waals surface area contributed by atoms with Gasteiger partial charge in [-0.2, -0.15) is 0 Å². The zero-order valence-electron chi connectivity index (χ0n) is 8.16. The third-order valence-electron chi connectivity index (χ3n) is 1.98. The Hall–Kier alpha value is -1.42. The number of hydrogen-bond donors (Lipinski definition) is 2. The smallest absolute Gasteiger partial charge is 0.304 e. The Kier molecular flexibility index (Phi) is 4.07. The van der Waals surface area contributed by atoms with E-state index in [-0.39, 0.29) is 6.42 Å². The highest BCUT2D eigenvalue weighted by Gasteiger charge is 1.98. The van der Waals surface area contributed by atoms with Gasteiger partial charge in [0.15, 0.2) is 0 Å². The molecule has 0 atom stereocenters. The molecule has 1 aromatic rings. The molecule has 0 amide bonds. The van der Waals surface area contributed by atoms with E-state index in [0.717, 1.165) is 5.56 Å². The molecule has 76 valence electrons. The quantitative estimate of drug-likeness (QED) is 0.685. The molecule has 14 heavy (non-hydrogen) atoms. The van der Waals surface area contributed by atoms with Crippen LogP contribution in [0.3, 0.4) is 0 Å². The van der Waals surface area contributed by atoms with Gasteiger partial charge in [0.1, 0.15) is 0 Å². The number of carboxylic acids is 1. The lowest BCUT2D eigenvalue weighted by Crippen LogP contribution is -2.18. The van der Waals surface area contributed by atoms with E-state index in [9.17, 15) is 4.79 Å². The fraction of sp³-hybridized carbons (Fsp3) is 0.400. The van der Waals surface area contributed by atoms with Crippen molar-refractivity contribution in [2.24, 2.45) is 0 Å². The van der Waals surface area contributed by atoms with Crippen LogP contribution < -0.4 is 5.32 Å². The molecule has 0 fully saturated rings. The van der Waals surface area contributed by atoms with Crippen molar-refractivity contribution in [3.8, 4) is 0 Å². The second kappa shape index (κ2) is 5.34. The number of carbonyl (C=O) groups is 1. The molecule has 0 spiro atoms. The summed E-state index contributed by atoms with van der Waals surface area (Å²) in [5.41, 5.74) is 2.28. The molecule has 1 aromatic heterocycles. The molecule has 4 heteroatoms. The molecular weight excluding hydrogens is 180 g/mol. The number of rotatable bonds is 5. The highest BCUT2D eigenvalue weighted by atomic mass is 16.4. The van der Waals surface area contributed by atoms with Crippen molar-refractivity contribution in [1.82, 2.24) is 10.3 Å². The van der Waals surface area contributed by atoms with Crippen LogP contribution >= 0.6 is 0 Å². The summed E-state index contributed by atoms with van der Waals surface area (Å²) in [6.07, 6.45) is 3.69. The molecule has 2 N–H and O–H groups in total. The van der Waals surface area contributed by atoms with E-state index in [0.29, 0.717) is 13.1 Å². The first kappa shape index (κ1) is 10.7. The Morgan fingerprint density at radius 1 is 1.64 bits per heavy atom. The van der Waals surface area contributed by atoms with Gasteiger partial charge in [0.05, 0.1) is 6.42 Å². The minimum Gasteiger partial charge on any atom is -0.481 e. The third-order valence-corrected chi connectivity index (χ3v) is 1.98. The number of nitrogens with one attached hydrogen (secondary N) is 1. The number of pyridine rings is 1. The van der Waals surface area contributed by atoms with Crippen LogP contribution in [0.15, 0.2) is 18.5 Å². The molecule has 0 aromatic carbocycles. The molecule has 0 bridgehead atoms. The molecule has 0 unspecified atom stereocenters. The summed E-state index contributed by atoms with van der Waals surface area (Å²) in [4.78, 5) is 14.2. The first-order chi connectivity index (χ1) is 6.70. The predicted octanol–water partition coefficient (Wildman–Crippen LogP) is 0.954. The maximum Gasteiger partial charge on any atom is 0.304 e. The van der Waals surface area contributed by atoms with Crippen molar-refractivity contribution in [3.63, 3.8) is 0 Å². The number of aryl methyl sites for hydroxylation is 1. The Balaban J connectivity index is 2.31. The van der Waals surface area contributed by atoms with Crippen LogP contribution in [0.5, 0.6) is 0 Å². The molecule has 0 aliphatic rings. The Morgan fingerprint density at radius 3 is 3.07 bits per heavy atom. The molecule has 0 radical (unpaired) electrons. The topological polar surface area (TPSA) is 62.2 Å². The minimum atomic E-state index is -0.777. The van der Waals surface area contributed by atoms with Crippen molar-refractivity contribution in [1.29, 1.82) is 0 Å². The molecule has 0 saturated carbocycles. The molecular formula is C10H14N2O2. The zero-order valence-corrected chi connectivity index (χ0v) is 8.16. The average Bonchev–Trinajstić information content (AvgIpc) is 2.15. The van der Waals surface area contributed by atoms with Crippen LogP contribution in [-0.2, 0) is 11.3 Å². The number of nitrogens with zero attached hydrogens (tertiary/aromatic N) is 1. The van der Waals surface area contributed by atoms with Crippen LogP contribution in [0.2, 0.25) is 0 Å². The Labute approximate surface area is 83.0 Å². The van der Waals surface area contributed by atoms with Gasteiger partial charge >= 0.3 is 5.97 Å². The van der Waals surface area contributed by atoms with E-state index in [1.54, 1.807) is 12.4 Å². The molecule has 1 heterocycles. The summed E-state index contributed by atoms with van der Waals surface area (Å²) in [5.74, 6) is -0.777. The summed E-state index contributed by atoms with van der Waals surface area (Å²) in [7, 11) is 0. The number of aliphatic carboxylic acids is 1. The number of hydrogen-bond acceptors (Lipinski definition) is 3. The van der Waals surface area contributed by atoms with Crippen LogP contribution in [0.25, 0.3) is 0 Å². The van der Waals surface area contributed by atoms with Crippen molar-refractivity contribution in [2.75, 3.05) is 6.54 Å². The Bertz CT molecular complexity index is 313. The maximum absolute atomic E-state index is 10.2. The first-order valence-electron chi connectivity index (χ1n) is 4.52.